The van der Waals surface area contributed by atoms with Crippen LogP contribution < -0.4 is 9.64 Å². The summed E-state index contributed by atoms with van der Waals surface area (Å²) in [4.78, 5) is 18.0. The Kier molecular flexibility index (Phi) is 6.17. The van der Waals surface area contributed by atoms with Crippen molar-refractivity contribution in [3.8, 4) is 28.4 Å². The number of aromatic nitrogens is 5. The third-order valence-electron chi connectivity index (χ3n) is 7.88. The van der Waals surface area contributed by atoms with Crippen molar-refractivity contribution >= 4 is 27.6 Å². The first-order chi connectivity index (χ1) is 18.8. The summed E-state index contributed by atoms with van der Waals surface area (Å²) in [5.74, 6) is 0.775. The number of benzene rings is 1. The van der Waals surface area contributed by atoms with Crippen LogP contribution in [-0.2, 0) is 0 Å². The molecule has 1 aromatic carbocycles. The van der Waals surface area contributed by atoms with Gasteiger partial charge in [-0.05, 0) is 81.6 Å². The zero-order chi connectivity index (χ0) is 25.3. The molecule has 0 amide bonds. The number of nitrogens with one attached hydrogen (secondary N) is 2. The number of rotatable bonds is 7. The number of piperidine rings is 1. The molecule has 2 fully saturated rings. The molecule has 5 aromatic rings. The second-order valence-corrected chi connectivity index (χ2v) is 10.4. The largest absolute Gasteiger partial charge is 0.491 e. The standard InChI is InChI=1S/C30H33N7O/c1-2-13-37(14-3-1)28-8-6-7-25-23(28)18-27(32-25)30-29-26(34-35-30)10-9-24(33-29)21-17-22(20-31-19-21)38-16-15-36-11-4-5-12-36/h6-10,17-20,32H,1-5,11-16H2,(H,34,35). The van der Waals surface area contributed by atoms with E-state index in [1.165, 1.54) is 56.3 Å². The Morgan fingerprint density at radius 3 is 2.63 bits per heavy atom. The van der Waals surface area contributed by atoms with Crippen LogP contribution >= 0.6 is 0 Å². The fourth-order valence-electron chi connectivity index (χ4n) is 5.86. The number of fused-ring (bicyclic) bond motifs is 2. The van der Waals surface area contributed by atoms with Crippen LogP contribution in [0.1, 0.15) is 32.1 Å². The first-order valence-corrected chi connectivity index (χ1v) is 13.8. The first-order valence-electron chi connectivity index (χ1n) is 13.8. The van der Waals surface area contributed by atoms with E-state index in [-0.39, 0.29) is 0 Å². The summed E-state index contributed by atoms with van der Waals surface area (Å²) in [5, 5.41) is 9.06. The lowest BCUT2D eigenvalue weighted by Crippen LogP contribution is -2.29. The lowest BCUT2D eigenvalue weighted by Gasteiger charge is -2.29. The highest BCUT2D eigenvalue weighted by Gasteiger charge is 2.18. The molecular weight excluding hydrogens is 474 g/mol. The maximum Gasteiger partial charge on any atom is 0.138 e. The molecule has 6 heterocycles. The number of hydrogen-bond donors (Lipinski definition) is 2. The van der Waals surface area contributed by atoms with Crippen molar-refractivity contribution in [1.82, 2.24) is 30.0 Å². The van der Waals surface area contributed by atoms with Gasteiger partial charge in [0.15, 0.2) is 0 Å². The predicted octanol–water partition coefficient (Wildman–Crippen LogP) is 5.63. The Labute approximate surface area is 222 Å². The Morgan fingerprint density at radius 1 is 0.868 bits per heavy atom. The summed E-state index contributed by atoms with van der Waals surface area (Å²) >= 11 is 0. The average molecular weight is 508 g/mol. The minimum atomic E-state index is 0.670. The molecule has 194 valence electrons. The molecule has 0 atom stereocenters. The second-order valence-electron chi connectivity index (χ2n) is 10.4. The molecule has 7 rings (SSSR count). The van der Waals surface area contributed by atoms with Crippen LogP contribution in [-0.4, -0.2) is 69.4 Å². The Hall–Kier alpha value is -3.91. The molecule has 0 aliphatic carbocycles. The number of pyridine rings is 2. The van der Waals surface area contributed by atoms with Gasteiger partial charge in [-0.1, -0.05) is 6.07 Å². The van der Waals surface area contributed by atoms with E-state index in [0.29, 0.717) is 6.61 Å². The fourth-order valence-corrected chi connectivity index (χ4v) is 5.86. The number of ether oxygens (including phenoxy) is 1. The van der Waals surface area contributed by atoms with Gasteiger partial charge in [-0.15, -0.1) is 0 Å². The van der Waals surface area contributed by atoms with Gasteiger partial charge >= 0.3 is 0 Å². The van der Waals surface area contributed by atoms with E-state index in [9.17, 15) is 0 Å². The highest BCUT2D eigenvalue weighted by atomic mass is 16.5. The van der Waals surface area contributed by atoms with E-state index in [1.807, 2.05) is 24.4 Å². The van der Waals surface area contributed by atoms with Crippen molar-refractivity contribution in [2.75, 3.05) is 44.2 Å². The van der Waals surface area contributed by atoms with E-state index in [0.717, 1.165) is 64.6 Å². The predicted molar refractivity (Wildman–Crippen MR) is 152 cm³/mol. The minimum Gasteiger partial charge on any atom is -0.491 e. The smallest absolute Gasteiger partial charge is 0.138 e. The summed E-state index contributed by atoms with van der Waals surface area (Å²) in [6.07, 6.45) is 10.0. The number of H-pyrrole nitrogens is 2. The highest BCUT2D eigenvalue weighted by molar-refractivity contribution is 5.99. The quantitative estimate of drug-likeness (QED) is 0.297. The topological polar surface area (TPSA) is 86.0 Å². The SMILES string of the molecule is c1cc(N2CCCCC2)c2cc(-c3n[nH]c4ccc(-c5cncc(OCCN6CCCC6)c5)nc34)[nH]c2c1. The van der Waals surface area contributed by atoms with Gasteiger partial charge in [0, 0.05) is 48.0 Å². The first kappa shape index (κ1) is 23.2. The third kappa shape index (κ3) is 4.49. The van der Waals surface area contributed by atoms with Gasteiger partial charge < -0.3 is 14.6 Å². The molecule has 0 unspecified atom stereocenters. The Balaban J connectivity index is 1.18. The van der Waals surface area contributed by atoms with Crippen LogP contribution in [0.3, 0.4) is 0 Å². The lowest BCUT2D eigenvalue weighted by molar-refractivity contribution is 0.237. The Bertz CT molecular complexity index is 1560. The summed E-state index contributed by atoms with van der Waals surface area (Å²) in [6, 6.07) is 14.8. The van der Waals surface area contributed by atoms with Gasteiger partial charge in [0.05, 0.1) is 23.1 Å². The number of hydrogen-bond acceptors (Lipinski definition) is 6. The van der Waals surface area contributed by atoms with Gasteiger partial charge in [-0.2, -0.15) is 5.10 Å². The van der Waals surface area contributed by atoms with Crippen LogP contribution in [0.25, 0.3) is 44.6 Å². The van der Waals surface area contributed by atoms with Gasteiger partial charge in [-0.25, -0.2) is 4.98 Å². The Morgan fingerprint density at radius 2 is 1.74 bits per heavy atom. The average Bonchev–Trinajstić information content (AvgIpc) is 3.73. The third-order valence-corrected chi connectivity index (χ3v) is 7.88. The molecule has 0 spiro atoms. The molecule has 2 N–H and O–H groups in total. The summed E-state index contributed by atoms with van der Waals surface area (Å²) in [7, 11) is 0. The zero-order valence-corrected chi connectivity index (χ0v) is 21.6. The van der Waals surface area contributed by atoms with E-state index in [2.05, 4.69) is 54.2 Å². The van der Waals surface area contributed by atoms with Gasteiger partial charge in [0.25, 0.3) is 0 Å². The van der Waals surface area contributed by atoms with Crippen LogP contribution in [0.2, 0.25) is 0 Å². The van der Waals surface area contributed by atoms with Crippen LogP contribution in [0.4, 0.5) is 5.69 Å². The minimum absolute atomic E-state index is 0.670. The monoisotopic (exact) mass is 507 g/mol. The molecule has 8 heteroatoms. The van der Waals surface area contributed by atoms with Crippen molar-refractivity contribution in [3.05, 3.63) is 54.9 Å². The molecule has 2 aliphatic heterocycles. The van der Waals surface area contributed by atoms with Crippen molar-refractivity contribution in [3.63, 3.8) is 0 Å². The molecule has 0 radical (unpaired) electrons. The number of likely N-dealkylation sites (tertiary alicyclic amines) is 1. The summed E-state index contributed by atoms with van der Waals surface area (Å²) < 4.78 is 6.03. The van der Waals surface area contributed by atoms with Gasteiger partial charge in [-0.3, -0.25) is 15.0 Å². The number of aromatic amines is 2. The molecule has 4 aromatic heterocycles. The molecule has 2 saturated heterocycles. The fraction of sp³-hybridized carbons (Fsp3) is 0.367. The van der Waals surface area contributed by atoms with Crippen molar-refractivity contribution in [2.24, 2.45) is 0 Å². The van der Waals surface area contributed by atoms with Crippen LogP contribution in [0.15, 0.2) is 54.9 Å². The summed E-state index contributed by atoms with van der Waals surface area (Å²) in [5.41, 5.74) is 7.75. The summed E-state index contributed by atoms with van der Waals surface area (Å²) in [6.45, 7) is 6.21. The van der Waals surface area contributed by atoms with E-state index >= 15 is 0 Å². The zero-order valence-electron chi connectivity index (χ0n) is 21.6. The molecular formula is C30H33N7O. The maximum absolute atomic E-state index is 6.03. The van der Waals surface area contributed by atoms with E-state index in [1.54, 1.807) is 6.20 Å². The number of anilines is 1. The van der Waals surface area contributed by atoms with Crippen molar-refractivity contribution in [2.45, 2.75) is 32.1 Å². The molecule has 0 bridgehead atoms. The van der Waals surface area contributed by atoms with Crippen LogP contribution in [0.5, 0.6) is 5.75 Å². The van der Waals surface area contributed by atoms with E-state index in [4.69, 9.17) is 9.72 Å². The highest BCUT2D eigenvalue weighted by Crippen LogP contribution is 2.34. The van der Waals surface area contributed by atoms with Crippen molar-refractivity contribution in [1.29, 1.82) is 0 Å². The molecule has 2 aliphatic rings. The van der Waals surface area contributed by atoms with Crippen LogP contribution in [0, 0.1) is 0 Å². The lowest BCUT2D eigenvalue weighted by atomic mass is 10.1. The molecule has 8 nitrogen and oxygen atoms in total. The van der Waals surface area contributed by atoms with Gasteiger partial charge in [0.2, 0.25) is 0 Å². The van der Waals surface area contributed by atoms with Crippen molar-refractivity contribution < 1.29 is 4.74 Å². The maximum atomic E-state index is 6.03. The normalized spacial score (nSPS) is 16.6. The van der Waals surface area contributed by atoms with E-state index < -0.39 is 0 Å². The number of nitrogens with zero attached hydrogens (tertiary/aromatic N) is 5. The molecule has 38 heavy (non-hydrogen) atoms. The second kappa shape index (κ2) is 10.1. The van der Waals surface area contributed by atoms with Gasteiger partial charge in [0.1, 0.15) is 23.6 Å². The molecule has 0 saturated carbocycles.